The predicted octanol–water partition coefficient (Wildman–Crippen LogP) is 1.35. The van der Waals surface area contributed by atoms with Crippen molar-refractivity contribution in [3.05, 3.63) is 23.0 Å². The van der Waals surface area contributed by atoms with Crippen molar-refractivity contribution in [2.75, 3.05) is 11.4 Å². The highest BCUT2D eigenvalue weighted by Gasteiger charge is 2.31. The molecular weight excluding hydrogens is 216 g/mol. The standard InChI is InChI=1S/C10H9ClN2O2/c1-6-2-3-12-10(11)9(6)13-5-7(14)4-8(13)15/h2-3H,4-5H2,1H3. The fourth-order valence-electron chi connectivity index (χ4n) is 1.63. The fourth-order valence-corrected chi connectivity index (χ4v) is 1.94. The Morgan fingerprint density at radius 3 is 2.73 bits per heavy atom. The Morgan fingerprint density at radius 2 is 2.20 bits per heavy atom. The maximum Gasteiger partial charge on any atom is 0.235 e. The highest BCUT2D eigenvalue weighted by molar-refractivity contribution is 6.33. The summed E-state index contributed by atoms with van der Waals surface area (Å²) in [6, 6.07) is 1.76. The average Bonchev–Trinajstić information content (AvgIpc) is 2.45. The van der Waals surface area contributed by atoms with Crippen LogP contribution in [0.15, 0.2) is 12.3 Å². The normalized spacial score (nSPS) is 16.3. The lowest BCUT2D eigenvalue weighted by atomic mass is 10.2. The van der Waals surface area contributed by atoms with Crippen molar-refractivity contribution in [3.63, 3.8) is 0 Å². The number of rotatable bonds is 1. The quantitative estimate of drug-likeness (QED) is 0.535. The van der Waals surface area contributed by atoms with Crippen molar-refractivity contribution in [2.45, 2.75) is 13.3 Å². The van der Waals surface area contributed by atoms with Crippen molar-refractivity contribution in [2.24, 2.45) is 0 Å². The lowest BCUT2D eigenvalue weighted by molar-refractivity contribution is -0.121. The van der Waals surface area contributed by atoms with Gasteiger partial charge in [0, 0.05) is 6.20 Å². The molecule has 2 rings (SSSR count). The number of hydrogen-bond donors (Lipinski definition) is 0. The third kappa shape index (κ3) is 1.72. The van der Waals surface area contributed by atoms with Crippen LogP contribution in [-0.2, 0) is 9.59 Å². The summed E-state index contributed by atoms with van der Waals surface area (Å²) in [6.45, 7) is 1.93. The summed E-state index contributed by atoms with van der Waals surface area (Å²) >= 11 is 5.91. The zero-order valence-corrected chi connectivity index (χ0v) is 8.91. The Labute approximate surface area is 91.9 Å². The maximum atomic E-state index is 11.5. The van der Waals surface area contributed by atoms with Gasteiger partial charge < -0.3 is 4.90 Å². The Kier molecular flexibility index (Phi) is 2.44. The van der Waals surface area contributed by atoms with E-state index in [4.69, 9.17) is 11.6 Å². The molecule has 0 saturated carbocycles. The van der Waals surface area contributed by atoms with Gasteiger partial charge in [-0.15, -0.1) is 0 Å². The lowest BCUT2D eigenvalue weighted by Gasteiger charge is -2.17. The van der Waals surface area contributed by atoms with Gasteiger partial charge in [-0.3, -0.25) is 9.59 Å². The Hall–Kier alpha value is -1.42. The zero-order chi connectivity index (χ0) is 11.0. The molecule has 1 aliphatic rings. The number of Topliss-reactive ketones (excluding diaryl/α,β-unsaturated/α-hetero) is 1. The number of aromatic nitrogens is 1. The van der Waals surface area contributed by atoms with Crippen LogP contribution < -0.4 is 4.90 Å². The van der Waals surface area contributed by atoms with E-state index in [1.807, 2.05) is 6.92 Å². The predicted molar refractivity (Wildman–Crippen MR) is 56.0 cm³/mol. The molecule has 0 N–H and O–H groups in total. The van der Waals surface area contributed by atoms with Gasteiger partial charge in [-0.05, 0) is 18.6 Å². The monoisotopic (exact) mass is 224 g/mol. The minimum atomic E-state index is -0.210. The van der Waals surface area contributed by atoms with E-state index in [9.17, 15) is 9.59 Å². The molecule has 1 aromatic heterocycles. The summed E-state index contributed by atoms with van der Waals surface area (Å²) in [4.78, 5) is 27.9. The highest BCUT2D eigenvalue weighted by Crippen LogP contribution is 2.29. The van der Waals surface area contributed by atoms with E-state index < -0.39 is 0 Å². The molecule has 2 heterocycles. The molecular formula is C10H9ClN2O2. The number of nitrogens with zero attached hydrogens (tertiary/aromatic N) is 2. The highest BCUT2D eigenvalue weighted by atomic mass is 35.5. The van der Waals surface area contributed by atoms with Crippen LogP contribution in [0.5, 0.6) is 0 Å². The van der Waals surface area contributed by atoms with Gasteiger partial charge >= 0.3 is 0 Å². The molecule has 15 heavy (non-hydrogen) atoms. The first-order chi connectivity index (χ1) is 7.09. The second-order valence-corrected chi connectivity index (χ2v) is 3.82. The average molecular weight is 225 g/mol. The van der Waals surface area contributed by atoms with E-state index in [2.05, 4.69) is 4.98 Å². The summed E-state index contributed by atoms with van der Waals surface area (Å²) in [5.74, 6) is -0.294. The van der Waals surface area contributed by atoms with Crippen LogP contribution in [-0.4, -0.2) is 23.2 Å². The Bertz CT molecular complexity index is 425. The third-order valence-corrected chi connectivity index (χ3v) is 2.61. The summed E-state index contributed by atoms with van der Waals surface area (Å²) in [5.41, 5.74) is 1.40. The molecule has 0 atom stereocenters. The van der Waals surface area contributed by atoms with Crippen molar-refractivity contribution in [1.29, 1.82) is 0 Å². The number of pyridine rings is 1. The van der Waals surface area contributed by atoms with Crippen LogP contribution in [0.2, 0.25) is 5.15 Å². The summed E-state index contributed by atoms with van der Waals surface area (Å²) in [7, 11) is 0. The van der Waals surface area contributed by atoms with E-state index in [1.165, 1.54) is 4.90 Å². The first kappa shape index (κ1) is 10.1. The number of anilines is 1. The molecule has 78 valence electrons. The van der Waals surface area contributed by atoms with E-state index in [1.54, 1.807) is 12.3 Å². The lowest BCUT2D eigenvalue weighted by Crippen LogP contribution is -2.25. The van der Waals surface area contributed by atoms with Gasteiger partial charge in [0.2, 0.25) is 5.91 Å². The first-order valence-corrected chi connectivity index (χ1v) is 4.90. The Balaban J connectivity index is 2.46. The van der Waals surface area contributed by atoms with E-state index in [-0.39, 0.29) is 29.8 Å². The van der Waals surface area contributed by atoms with Crippen LogP contribution in [0.1, 0.15) is 12.0 Å². The molecule has 0 radical (unpaired) electrons. The molecule has 1 saturated heterocycles. The van der Waals surface area contributed by atoms with Crippen molar-refractivity contribution in [3.8, 4) is 0 Å². The van der Waals surface area contributed by atoms with Gasteiger partial charge in [-0.25, -0.2) is 4.98 Å². The number of carbonyl (C=O) groups excluding carboxylic acids is 2. The molecule has 4 nitrogen and oxygen atoms in total. The van der Waals surface area contributed by atoms with Gasteiger partial charge in [-0.2, -0.15) is 0 Å². The van der Waals surface area contributed by atoms with E-state index in [0.29, 0.717) is 5.69 Å². The second-order valence-electron chi connectivity index (χ2n) is 3.46. The number of amides is 1. The molecule has 0 aliphatic carbocycles. The maximum absolute atomic E-state index is 11.5. The topological polar surface area (TPSA) is 50.3 Å². The molecule has 5 heteroatoms. The van der Waals surface area contributed by atoms with Crippen LogP contribution in [0.25, 0.3) is 0 Å². The first-order valence-electron chi connectivity index (χ1n) is 4.53. The summed E-state index contributed by atoms with van der Waals surface area (Å²) in [6.07, 6.45) is 1.54. The third-order valence-electron chi connectivity index (χ3n) is 2.34. The number of aryl methyl sites for hydroxylation is 1. The van der Waals surface area contributed by atoms with Crippen LogP contribution in [0.3, 0.4) is 0 Å². The molecule has 1 fully saturated rings. The summed E-state index contributed by atoms with van der Waals surface area (Å²) < 4.78 is 0. The smallest absolute Gasteiger partial charge is 0.235 e. The zero-order valence-electron chi connectivity index (χ0n) is 8.16. The minimum Gasteiger partial charge on any atom is -0.301 e. The molecule has 0 spiro atoms. The molecule has 1 aromatic rings. The summed E-state index contributed by atoms with van der Waals surface area (Å²) in [5, 5.41) is 0.262. The molecule has 1 amide bonds. The number of ketones is 1. The van der Waals surface area contributed by atoms with Gasteiger partial charge in [0.15, 0.2) is 10.9 Å². The van der Waals surface area contributed by atoms with Crippen molar-refractivity contribution >= 4 is 29.0 Å². The second kappa shape index (κ2) is 3.62. The largest absolute Gasteiger partial charge is 0.301 e. The SMILES string of the molecule is Cc1ccnc(Cl)c1N1CC(=O)CC1=O. The van der Waals surface area contributed by atoms with Gasteiger partial charge in [-0.1, -0.05) is 11.6 Å². The number of carbonyl (C=O) groups is 2. The molecule has 0 aromatic carbocycles. The van der Waals surface area contributed by atoms with E-state index >= 15 is 0 Å². The molecule has 0 bridgehead atoms. The van der Waals surface area contributed by atoms with Crippen LogP contribution in [0, 0.1) is 6.92 Å². The number of hydrogen-bond acceptors (Lipinski definition) is 3. The van der Waals surface area contributed by atoms with Crippen molar-refractivity contribution in [1.82, 2.24) is 4.98 Å². The van der Waals surface area contributed by atoms with Gasteiger partial charge in [0.05, 0.1) is 18.7 Å². The molecule has 0 unspecified atom stereocenters. The van der Waals surface area contributed by atoms with Crippen molar-refractivity contribution < 1.29 is 9.59 Å². The fraction of sp³-hybridized carbons (Fsp3) is 0.300. The van der Waals surface area contributed by atoms with Crippen LogP contribution in [0.4, 0.5) is 5.69 Å². The van der Waals surface area contributed by atoms with E-state index in [0.717, 1.165) is 5.56 Å². The minimum absolute atomic E-state index is 0.0370. The number of halogens is 1. The Morgan fingerprint density at radius 1 is 1.47 bits per heavy atom. The molecule has 1 aliphatic heterocycles. The van der Waals surface area contributed by atoms with Crippen LogP contribution >= 0.6 is 11.6 Å². The van der Waals surface area contributed by atoms with Gasteiger partial charge in [0.25, 0.3) is 0 Å². The van der Waals surface area contributed by atoms with Gasteiger partial charge in [0.1, 0.15) is 0 Å².